The van der Waals surface area contributed by atoms with Crippen LogP contribution in [0.1, 0.15) is 31.2 Å². The number of anilines is 1. The van der Waals surface area contributed by atoms with Crippen molar-refractivity contribution in [1.82, 2.24) is 9.55 Å². The minimum atomic E-state index is -0.167. The van der Waals surface area contributed by atoms with E-state index in [1.807, 2.05) is 37.3 Å². The average molecular weight is 389 g/mol. The molecule has 0 atom stereocenters. The van der Waals surface area contributed by atoms with E-state index in [1.54, 1.807) is 33.7 Å². The maximum Gasteiger partial charge on any atom is 0.261 e. The number of carbonyl (C=O) groups excluding carboxylic acids is 1. The molecule has 3 aromatic rings. The number of rotatable bonds is 6. The Balaban J connectivity index is 1.92. The number of aliphatic hydroxyl groups is 1. The van der Waals surface area contributed by atoms with Crippen LogP contribution in [-0.2, 0) is 11.3 Å². The third-order valence-corrected chi connectivity index (χ3v) is 5.11. The monoisotopic (exact) mass is 389 g/mol. The third-order valence-electron chi connectivity index (χ3n) is 5.11. The first-order valence-corrected chi connectivity index (χ1v) is 9.89. The first-order chi connectivity index (χ1) is 14.2. The molecule has 0 spiro atoms. The fraction of sp³-hybridized carbons (Fsp3) is 0.261. The SMILES string of the molecule is CCCN1C(=O)C(=Cc2nc3ccccc3c(=O)n2CCCO)c2ccccc21. The van der Waals surface area contributed by atoms with Crippen molar-refractivity contribution in [2.45, 2.75) is 26.3 Å². The summed E-state index contributed by atoms with van der Waals surface area (Å²) < 4.78 is 1.55. The van der Waals surface area contributed by atoms with Crippen molar-refractivity contribution in [1.29, 1.82) is 0 Å². The molecule has 1 aliphatic rings. The summed E-state index contributed by atoms with van der Waals surface area (Å²) in [5.74, 6) is 0.350. The van der Waals surface area contributed by atoms with Crippen molar-refractivity contribution >= 4 is 34.1 Å². The van der Waals surface area contributed by atoms with Gasteiger partial charge in [-0.15, -0.1) is 0 Å². The van der Waals surface area contributed by atoms with E-state index >= 15 is 0 Å². The Labute approximate surface area is 168 Å². The zero-order valence-electron chi connectivity index (χ0n) is 16.3. The van der Waals surface area contributed by atoms with Gasteiger partial charge in [0, 0.05) is 25.3 Å². The Morgan fingerprint density at radius 3 is 2.59 bits per heavy atom. The van der Waals surface area contributed by atoms with Gasteiger partial charge in [-0.3, -0.25) is 14.2 Å². The Kier molecular flexibility index (Phi) is 5.27. The molecule has 2 heterocycles. The minimum absolute atomic E-state index is 0.0265. The summed E-state index contributed by atoms with van der Waals surface area (Å²) in [5, 5.41) is 9.79. The molecule has 1 amide bonds. The molecule has 4 rings (SSSR count). The lowest BCUT2D eigenvalue weighted by atomic mass is 10.1. The highest BCUT2D eigenvalue weighted by Crippen LogP contribution is 2.37. The van der Waals surface area contributed by atoms with Crippen LogP contribution >= 0.6 is 0 Å². The first-order valence-electron chi connectivity index (χ1n) is 9.89. The van der Waals surface area contributed by atoms with Crippen molar-refractivity contribution in [3.63, 3.8) is 0 Å². The molecule has 0 unspecified atom stereocenters. The smallest absolute Gasteiger partial charge is 0.261 e. The maximum absolute atomic E-state index is 13.1. The second kappa shape index (κ2) is 8.01. The maximum atomic E-state index is 13.1. The van der Waals surface area contributed by atoms with Gasteiger partial charge < -0.3 is 10.0 Å². The van der Waals surface area contributed by atoms with Crippen LogP contribution in [0.25, 0.3) is 22.6 Å². The van der Waals surface area contributed by atoms with Gasteiger partial charge in [0.2, 0.25) is 0 Å². The number of aliphatic hydroxyl groups excluding tert-OH is 1. The molecule has 1 aromatic heterocycles. The van der Waals surface area contributed by atoms with Gasteiger partial charge in [-0.25, -0.2) is 4.98 Å². The van der Waals surface area contributed by atoms with Gasteiger partial charge in [0.05, 0.1) is 22.2 Å². The van der Waals surface area contributed by atoms with Crippen molar-refractivity contribution in [2.24, 2.45) is 0 Å². The van der Waals surface area contributed by atoms with E-state index in [0.717, 1.165) is 17.7 Å². The van der Waals surface area contributed by atoms with E-state index in [4.69, 9.17) is 0 Å². The summed E-state index contributed by atoms with van der Waals surface area (Å²) in [6.45, 7) is 2.98. The molecular weight excluding hydrogens is 366 g/mol. The summed E-state index contributed by atoms with van der Waals surface area (Å²) >= 11 is 0. The van der Waals surface area contributed by atoms with Gasteiger partial charge in [0.25, 0.3) is 11.5 Å². The molecule has 2 aromatic carbocycles. The number of hydrogen-bond acceptors (Lipinski definition) is 4. The van der Waals surface area contributed by atoms with Crippen LogP contribution in [0.3, 0.4) is 0 Å². The van der Waals surface area contributed by atoms with E-state index in [2.05, 4.69) is 4.98 Å². The summed E-state index contributed by atoms with van der Waals surface area (Å²) in [5.41, 5.74) is 2.69. The van der Waals surface area contributed by atoms with Gasteiger partial charge in [-0.1, -0.05) is 37.3 Å². The number of aromatic nitrogens is 2. The Morgan fingerprint density at radius 2 is 1.79 bits per heavy atom. The normalized spacial score (nSPS) is 14.8. The molecule has 29 heavy (non-hydrogen) atoms. The minimum Gasteiger partial charge on any atom is -0.396 e. The Bertz CT molecular complexity index is 1160. The Morgan fingerprint density at radius 1 is 1.03 bits per heavy atom. The van der Waals surface area contributed by atoms with E-state index in [-0.39, 0.29) is 18.1 Å². The van der Waals surface area contributed by atoms with Crippen LogP contribution < -0.4 is 10.5 Å². The molecule has 148 valence electrons. The molecule has 0 radical (unpaired) electrons. The van der Waals surface area contributed by atoms with Crippen LogP contribution in [-0.4, -0.2) is 33.7 Å². The molecule has 0 aliphatic carbocycles. The highest BCUT2D eigenvalue weighted by atomic mass is 16.3. The van der Waals surface area contributed by atoms with Gasteiger partial charge in [0.15, 0.2) is 0 Å². The number of hydrogen-bond donors (Lipinski definition) is 1. The van der Waals surface area contributed by atoms with Crippen LogP contribution in [0.2, 0.25) is 0 Å². The number of nitrogens with zero attached hydrogens (tertiary/aromatic N) is 3. The predicted octanol–water partition coefficient (Wildman–Crippen LogP) is 3.08. The van der Waals surface area contributed by atoms with Crippen molar-refractivity contribution in [3.8, 4) is 0 Å². The van der Waals surface area contributed by atoms with Crippen LogP contribution in [0.4, 0.5) is 5.69 Å². The van der Waals surface area contributed by atoms with E-state index in [9.17, 15) is 14.7 Å². The van der Waals surface area contributed by atoms with E-state index < -0.39 is 0 Å². The Hall–Kier alpha value is -3.25. The molecular formula is C23H23N3O3. The standard InChI is InChI=1S/C23H23N3O3/c1-2-12-25-20-11-6-4-8-16(20)18(23(25)29)15-21-24-19-10-5-3-9-17(19)22(28)26(21)13-7-14-27/h3-6,8-11,15,27H,2,7,12-14H2,1H3. The number of carbonyl (C=O) groups is 1. The third kappa shape index (κ3) is 3.36. The topological polar surface area (TPSA) is 75.4 Å². The summed E-state index contributed by atoms with van der Waals surface area (Å²) in [6, 6.07) is 14.9. The van der Waals surface area contributed by atoms with Crippen molar-refractivity contribution in [3.05, 3.63) is 70.3 Å². The fourth-order valence-electron chi connectivity index (χ4n) is 3.76. The lowest BCUT2D eigenvalue weighted by Crippen LogP contribution is -2.27. The second-order valence-corrected chi connectivity index (χ2v) is 7.05. The molecule has 6 nitrogen and oxygen atoms in total. The quantitative estimate of drug-likeness (QED) is 0.658. The van der Waals surface area contributed by atoms with Crippen LogP contribution in [0, 0.1) is 0 Å². The van der Waals surface area contributed by atoms with Gasteiger partial charge in [-0.2, -0.15) is 0 Å². The highest BCUT2D eigenvalue weighted by molar-refractivity contribution is 6.35. The van der Waals surface area contributed by atoms with Gasteiger partial charge in [0.1, 0.15) is 5.82 Å². The fourth-order valence-corrected chi connectivity index (χ4v) is 3.76. The van der Waals surface area contributed by atoms with Gasteiger partial charge >= 0.3 is 0 Å². The number of fused-ring (bicyclic) bond motifs is 2. The van der Waals surface area contributed by atoms with Crippen molar-refractivity contribution < 1.29 is 9.90 Å². The molecule has 0 fully saturated rings. The lowest BCUT2D eigenvalue weighted by molar-refractivity contribution is -0.113. The molecule has 0 bridgehead atoms. The first kappa shape index (κ1) is 19.1. The summed E-state index contributed by atoms with van der Waals surface area (Å²) in [6.07, 6.45) is 2.99. The summed E-state index contributed by atoms with van der Waals surface area (Å²) in [4.78, 5) is 32.6. The molecule has 1 N–H and O–H groups in total. The number of amides is 1. The zero-order valence-corrected chi connectivity index (χ0v) is 16.3. The van der Waals surface area contributed by atoms with E-state index in [0.29, 0.717) is 41.8 Å². The predicted molar refractivity (Wildman–Crippen MR) is 115 cm³/mol. The highest BCUT2D eigenvalue weighted by Gasteiger charge is 2.31. The number of para-hydroxylation sites is 2. The average Bonchev–Trinajstić information content (AvgIpc) is 3.00. The second-order valence-electron chi connectivity index (χ2n) is 7.05. The lowest BCUT2D eigenvalue weighted by Gasteiger charge is -2.15. The molecule has 1 aliphatic heterocycles. The molecule has 0 saturated heterocycles. The zero-order chi connectivity index (χ0) is 20.4. The molecule has 6 heteroatoms. The van der Waals surface area contributed by atoms with Gasteiger partial charge in [-0.05, 0) is 37.1 Å². The van der Waals surface area contributed by atoms with Crippen LogP contribution in [0.5, 0.6) is 0 Å². The van der Waals surface area contributed by atoms with Crippen LogP contribution in [0.15, 0.2) is 53.3 Å². The largest absolute Gasteiger partial charge is 0.396 e. The van der Waals surface area contributed by atoms with E-state index in [1.165, 1.54) is 0 Å². The van der Waals surface area contributed by atoms with Crippen molar-refractivity contribution in [2.75, 3.05) is 18.1 Å². The summed E-state index contributed by atoms with van der Waals surface area (Å²) in [7, 11) is 0. The molecule has 0 saturated carbocycles. The number of benzene rings is 2.